The standard InChI is InChI=1S/C14H10FN3/c15-13-9-5-4-8-12(13)14-17-16-10-18(14)11-6-2-1-3-7-11/h1-10H. The molecule has 88 valence electrons. The molecule has 0 spiro atoms. The Kier molecular flexibility index (Phi) is 2.61. The van der Waals surface area contributed by atoms with E-state index < -0.39 is 0 Å². The molecule has 0 saturated carbocycles. The average molecular weight is 239 g/mol. The van der Waals surface area contributed by atoms with E-state index in [1.165, 1.54) is 6.07 Å². The molecule has 2 aromatic carbocycles. The van der Waals surface area contributed by atoms with E-state index in [0.29, 0.717) is 11.4 Å². The summed E-state index contributed by atoms with van der Waals surface area (Å²) in [6.07, 6.45) is 1.58. The number of hydrogen-bond acceptors (Lipinski definition) is 2. The van der Waals surface area contributed by atoms with E-state index in [1.54, 1.807) is 29.1 Å². The Morgan fingerprint density at radius 2 is 1.61 bits per heavy atom. The molecule has 3 aromatic rings. The highest BCUT2D eigenvalue weighted by Gasteiger charge is 2.12. The van der Waals surface area contributed by atoms with Crippen molar-refractivity contribution in [3.63, 3.8) is 0 Å². The second kappa shape index (κ2) is 4.41. The zero-order chi connectivity index (χ0) is 12.4. The van der Waals surface area contributed by atoms with Gasteiger partial charge in [-0.05, 0) is 24.3 Å². The van der Waals surface area contributed by atoms with Crippen LogP contribution in [0, 0.1) is 5.82 Å². The molecule has 0 aliphatic rings. The van der Waals surface area contributed by atoms with E-state index in [0.717, 1.165) is 5.69 Å². The van der Waals surface area contributed by atoms with Crippen LogP contribution in [0.5, 0.6) is 0 Å². The van der Waals surface area contributed by atoms with Gasteiger partial charge in [0.15, 0.2) is 5.82 Å². The molecule has 1 heterocycles. The summed E-state index contributed by atoms with van der Waals surface area (Å²) in [4.78, 5) is 0. The minimum atomic E-state index is -0.303. The molecule has 0 bridgehead atoms. The van der Waals surface area contributed by atoms with Crippen LogP contribution in [0.3, 0.4) is 0 Å². The first kappa shape index (κ1) is 10.7. The second-order valence-electron chi connectivity index (χ2n) is 3.84. The first-order chi connectivity index (χ1) is 8.86. The SMILES string of the molecule is Fc1ccccc1-c1nncn1-c1ccccc1. The molecular formula is C14H10FN3. The second-order valence-corrected chi connectivity index (χ2v) is 3.84. The topological polar surface area (TPSA) is 30.7 Å². The van der Waals surface area contributed by atoms with Crippen molar-refractivity contribution in [2.75, 3.05) is 0 Å². The largest absolute Gasteiger partial charge is 0.282 e. The van der Waals surface area contributed by atoms with Crippen molar-refractivity contribution < 1.29 is 4.39 Å². The summed E-state index contributed by atoms with van der Waals surface area (Å²) >= 11 is 0. The molecule has 0 saturated heterocycles. The molecule has 3 nitrogen and oxygen atoms in total. The Morgan fingerprint density at radius 3 is 2.39 bits per heavy atom. The molecule has 0 aliphatic heterocycles. The Balaban J connectivity index is 2.16. The average Bonchev–Trinajstić information content (AvgIpc) is 2.89. The fourth-order valence-corrected chi connectivity index (χ4v) is 1.84. The monoisotopic (exact) mass is 239 g/mol. The number of halogens is 1. The van der Waals surface area contributed by atoms with Crippen LogP contribution >= 0.6 is 0 Å². The van der Waals surface area contributed by atoms with E-state index in [9.17, 15) is 4.39 Å². The number of nitrogens with zero attached hydrogens (tertiary/aromatic N) is 3. The molecular weight excluding hydrogens is 229 g/mol. The lowest BCUT2D eigenvalue weighted by Crippen LogP contribution is -1.97. The molecule has 0 atom stereocenters. The third-order valence-electron chi connectivity index (χ3n) is 2.70. The Morgan fingerprint density at radius 1 is 0.889 bits per heavy atom. The van der Waals surface area contributed by atoms with Crippen molar-refractivity contribution in [1.29, 1.82) is 0 Å². The van der Waals surface area contributed by atoms with Gasteiger partial charge in [0.25, 0.3) is 0 Å². The summed E-state index contributed by atoms with van der Waals surface area (Å²) in [5.74, 6) is 0.196. The quantitative estimate of drug-likeness (QED) is 0.688. The van der Waals surface area contributed by atoms with Gasteiger partial charge in [-0.3, -0.25) is 4.57 Å². The van der Waals surface area contributed by atoms with Crippen LogP contribution < -0.4 is 0 Å². The summed E-state index contributed by atoms with van der Waals surface area (Å²) in [6, 6.07) is 16.2. The van der Waals surface area contributed by atoms with Gasteiger partial charge in [-0.15, -0.1) is 10.2 Å². The van der Waals surface area contributed by atoms with Gasteiger partial charge in [0.2, 0.25) is 0 Å². The molecule has 0 unspecified atom stereocenters. The summed E-state index contributed by atoms with van der Waals surface area (Å²) in [6.45, 7) is 0. The molecule has 18 heavy (non-hydrogen) atoms. The normalized spacial score (nSPS) is 10.5. The van der Waals surface area contributed by atoms with Crippen molar-refractivity contribution in [2.24, 2.45) is 0 Å². The van der Waals surface area contributed by atoms with Gasteiger partial charge in [-0.25, -0.2) is 4.39 Å². The smallest absolute Gasteiger partial charge is 0.171 e. The number of benzene rings is 2. The molecule has 0 aliphatic carbocycles. The maximum Gasteiger partial charge on any atom is 0.171 e. The first-order valence-electron chi connectivity index (χ1n) is 5.56. The Bertz CT molecular complexity index is 662. The molecule has 1 aromatic heterocycles. The lowest BCUT2D eigenvalue weighted by atomic mass is 10.2. The van der Waals surface area contributed by atoms with Crippen LogP contribution in [0.4, 0.5) is 4.39 Å². The van der Waals surface area contributed by atoms with Crippen LogP contribution in [0.15, 0.2) is 60.9 Å². The van der Waals surface area contributed by atoms with Crippen molar-refractivity contribution in [2.45, 2.75) is 0 Å². The van der Waals surface area contributed by atoms with Gasteiger partial charge in [0, 0.05) is 5.69 Å². The highest BCUT2D eigenvalue weighted by molar-refractivity contribution is 5.58. The van der Waals surface area contributed by atoms with E-state index in [1.807, 2.05) is 30.3 Å². The van der Waals surface area contributed by atoms with Crippen LogP contribution in [0.25, 0.3) is 17.1 Å². The molecule has 3 rings (SSSR count). The fourth-order valence-electron chi connectivity index (χ4n) is 1.84. The van der Waals surface area contributed by atoms with Crippen LogP contribution in [-0.2, 0) is 0 Å². The summed E-state index contributed by atoms with van der Waals surface area (Å²) < 4.78 is 15.5. The minimum Gasteiger partial charge on any atom is -0.282 e. The maximum atomic E-state index is 13.8. The van der Waals surface area contributed by atoms with Gasteiger partial charge >= 0.3 is 0 Å². The van der Waals surface area contributed by atoms with Crippen molar-refractivity contribution in [3.05, 3.63) is 66.7 Å². The van der Waals surface area contributed by atoms with Gasteiger partial charge in [0.05, 0.1) is 5.56 Å². The fraction of sp³-hybridized carbons (Fsp3) is 0. The highest BCUT2D eigenvalue weighted by Crippen LogP contribution is 2.22. The van der Waals surface area contributed by atoms with Crippen LogP contribution in [0.1, 0.15) is 0 Å². The van der Waals surface area contributed by atoms with E-state index >= 15 is 0 Å². The molecule has 0 N–H and O–H groups in total. The Labute approximate surface area is 104 Å². The summed E-state index contributed by atoms with van der Waals surface area (Å²) in [5, 5.41) is 7.86. The van der Waals surface area contributed by atoms with Gasteiger partial charge in [-0.1, -0.05) is 30.3 Å². The third kappa shape index (κ3) is 1.78. The first-order valence-corrected chi connectivity index (χ1v) is 5.56. The predicted molar refractivity (Wildman–Crippen MR) is 66.8 cm³/mol. The van der Waals surface area contributed by atoms with E-state index in [2.05, 4.69) is 10.2 Å². The molecule has 4 heteroatoms. The predicted octanol–water partition coefficient (Wildman–Crippen LogP) is 3.07. The van der Waals surface area contributed by atoms with Crippen molar-refractivity contribution in [3.8, 4) is 17.1 Å². The minimum absolute atomic E-state index is 0.303. The molecule has 0 fully saturated rings. The zero-order valence-electron chi connectivity index (χ0n) is 9.49. The van der Waals surface area contributed by atoms with Gasteiger partial charge in [-0.2, -0.15) is 0 Å². The van der Waals surface area contributed by atoms with E-state index in [4.69, 9.17) is 0 Å². The maximum absolute atomic E-state index is 13.8. The number of rotatable bonds is 2. The van der Waals surface area contributed by atoms with Gasteiger partial charge < -0.3 is 0 Å². The lowest BCUT2D eigenvalue weighted by Gasteiger charge is -2.06. The molecule has 0 amide bonds. The van der Waals surface area contributed by atoms with Crippen molar-refractivity contribution >= 4 is 0 Å². The number of para-hydroxylation sites is 1. The zero-order valence-corrected chi connectivity index (χ0v) is 9.49. The number of hydrogen-bond donors (Lipinski definition) is 0. The lowest BCUT2D eigenvalue weighted by molar-refractivity contribution is 0.629. The molecule has 0 radical (unpaired) electrons. The van der Waals surface area contributed by atoms with Crippen molar-refractivity contribution in [1.82, 2.24) is 14.8 Å². The third-order valence-corrected chi connectivity index (χ3v) is 2.70. The number of aromatic nitrogens is 3. The summed E-state index contributed by atoms with van der Waals surface area (Å²) in [5.41, 5.74) is 1.35. The van der Waals surface area contributed by atoms with Crippen LogP contribution in [0.2, 0.25) is 0 Å². The Hall–Kier alpha value is -2.49. The summed E-state index contributed by atoms with van der Waals surface area (Å²) in [7, 11) is 0. The van der Waals surface area contributed by atoms with Gasteiger partial charge in [0.1, 0.15) is 12.1 Å². The van der Waals surface area contributed by atoms with E-state index in [-0.39, 0.29) is 5.82 Å². The van der Waals surface area contributed by atoms with Crippen LogP contribution in [-0.4, -0.2) is 14.8 Å². The highest BCUT2D eigenvalue weighted by atomic mass is 19.1.